The summed E-state index contributed by atoms with van der Waals surface area (Å²) in [6, 6.07) is 1.47. The first-order valence-corrected chi connectivity index (χ1v) is 7.86. The zero-order valence-corrected chi connectivity index (χ0v) is 10.8. The van der Waals surface area contributed by atoms with Gasteiger partial charge in [0.25, 0.3) is 5.91 Å². The van der Waals surface area contributed by atoms with Crippen molar-refractivity contribution in [3.8, 4) is 0 Å². The Balaban J connectivity index is 2.38. The molecular formula is C8H13N3O4S2. The Kier molecular flexibility index (Phi) is 4.97. The summed E-state index contributed by atoms with van der Waals surface area (Å²) in [4.78, 5) is 11.0. The summed E-state index contributed by atoms with van der Waals surface area (Å²) in [5.74, 6) is 5.95. The molecule has 1 aromatic heterocycles. The first-order chi connectivity index (χ1) is 7.92. The first-order valence-electron chi connectivity index (χ1n) is 4.64. The molecule has 0 saturated heterocycles. The van der Waals surface area contributed by atoms with Crippen molar-refractivity contribution in [3.63, 3.8) is 0 Å². The predicted octanol–water partition coefficient (Wildman–Crippen LogP) is -0.444. The molecule has 1 heterocycles. The maximum atomic E-state index is 11.0. The molecule has 0 atom stereocenters. The largest absolute Gasteiger partial charge is 0.360 e. The average Bonchev–Trinajstić information content (AvgIpc) is 2.70. The van der Waals surface area contributed by atoms with E-state index in [-0.39, 0.29) is 11.4 Å². The third kappa shape index (κ3) is 5.20. The van der Waals surface area contributed by atoms with Crippen molar-refractivity contribution in [3.05, 3.63) is 17.5 Å². The van der Waals surface area contributed by atoms with Crippen LogP contribution < -0.4 is 11.3 Å². The second kappa shape index (κ2) is 6.03. The van der Waals surface area contributed by atoms with Gasteiger partial charge in [-0.2, -0.15) is 11.8 Å². The fourth-order valence-electron chi connectivity index (χ4n) is 0.945. The molecule has 0 radical (unpaired) electrons. The Morgan fingerprint density at radius 2 is 2.35 bits per heavy atom. The molecule has 0 aliphatic heterocycles. The number of nitrogens with one attached hydrogen (secondary N) is 1. The second-order valence-corrected chi connectivity index (χ2v) is 6.70. The lowest BCUT2D eigenvalue weighted by molar-refractivity contribution is 0.0944. The number of nitrogen functional groups attached to an aromatic ring is 1. The van der Waals surface area contributed by atoms with E-state index in [1.165, 1.54) is 24.1 Å². The lowest BCUT2D eigenvalue weighted by Crippen LogP contribution is -2.30. The number of carbonyl (C=O) groups excluding carboxylic acids is 1. The molecule has 0 aliphatic rings. The van der Waals surface area contributed by atoms with Crippen LogP contribution in [0.3, 0.4) is 0 Å². The Morgan fingerprint density at radius 3 is 2.94 bits per heavy atom. The molecule has 0 unspecified atom stereocenters. The molecule has 0 aliphatic carbocycles. The highest BCUT2D eigenvalue weighted by atomic mass is 32.2. The Morgan fingerprint density at radius 1 is 1.65 bits per heavy atom. The second-order valence-electron chi connectivity index (χ2n) is 3.33. The maximum Gasteiger partial charge on any atom is 0.287 e. The molecule has 1 rings (SSSR count). The Labute approximate surface area is 103 Å². The van der Waals surface area contributed by atoms with Crippen LogP contribution in [0.25, 0.3) is 0 Å². The van der Waals surface area contributed by atoms with Crippen molar-refractivity contribution in [2.45, 2.75) is 5.75 Å². The molecule has 1 aromatic rings. The van der Waals surface area contributed by atoms with Gasteiger partial charge in [0, 0.05) is 18.1 Å². The van der Waals surface area contributed by atoms with Crippen LogP contribution in [-0.2, 0) is 15.6 Å². The summed E-state index contributed by atoms with van der Waals surface area (Å²) in [7, 11) is -2.94. The van der Waals surface area contributed by atoms with Crippen LogP contribution in [0.4, 0.5) is 0 Å². The smallest absolute Gasteiger partial charge is 0.287 e. The van der Waals surface area contributed by atoms with E-state index in [9.17, 15) is 13.2 Å². The number of aromatic nitrogens is 1. The third-order valence-electron chi connectivity index (χ3n) is 1.77. The molecule has 0 bridgehead atoms. The molecular weight excluding hydrogens is 266 g/mol. The highest BCUT2D eigenvalue weighted by Gasteiger charge is 2.11. The number of hydrazine groups is 1. The summed E-state index contributed by atoms with van der Waals surface area (Å²) in [6.45, 7) is 0. The van der Waals surface area contributed by atoms with Gasteiger partial charge in [-0.05, 0) is 0 Å². The van der Waals surface area contributed by atoms with Crippen molar-refractivity contribution >= 4 is 27.5 Å². The van der Waals surface area contributed by atoms with E-state index in [1.54, 1.807) is 0 Å². The molecule has 17 heavy (non-hydrogen) atoms. The molecule has 1 amide bonds. The molecule has 0 aromatic carbocycles. The van der Waals surface area contributed by atoms with E-state index in [1.807, 2.05) is 5.43 Å². The van der Waals surface area contributed by atoms with Crippen LogP contribution in [0, 0.1) is 0 Å². The quantitative estimate of drug-likeness (QED) is 0.314. The SMILES string of the molecule is CS(=O)(=O)CCSCc1cc(C(=O)NN)no1. The van der Waals surface area contributed by atoms with Crippen molar-refractivity contribution in [2.24, 2.45) is 5.84 Å². The van der Waals surface area contributed by atoms with Crippen LogP contribution in [0.2, 0.25) is 0 Å². The number of amides is 1. The topological polar surface area (TPSA) is 115 Å². The Bertz CT molecular complexity index is 483. The standard InChI is InChI=1S/C8H13N3O4S2/c1-17(13,14)3-2-16-5-6-4-7(11-15-6)8(12)10-9/h4H,2-3,5,9H2,1H3,(H,10,12). The molecule has 3 N–H and O–H groups in total. The average molecular weight is 279 g/mol. The molecule has 0 saturated carbocycles. The number of nitrogens with two attached hydrogens (primary N) is 1. The van der Waals surface area contributed by atoms with Crippen LogP contribution in [0.15, 0.2) is 10.6 Å². The lowest BCUT2D eigenvalue weighted by Gasteiger charge is -1.96. The fraction of sp³-hybridized carbons (Fsp3) is 0.500. The van der Waals surface area contributed by atoms with Gasteiger partial charge in [-0.3, -0.25) is 10.2 Å². The Hall–Kier alpha value is -1.06. The van der Waals surface area contributed by atoms with Gasteiger partial charge in [-0.15, -0.1) is 0 Å². The summed E-state index contributed by atoms with van der Waals surface area (Å²) < 4.78 is 26.6. The minimum atomic E-state index is -2.94. The fourth-order valence-corrected chi connectivity index (χ4v) is 3.11. The number of hydrogen-bond acceptors (Lipinski definition) is 7. The summed E-state index contributed by atoms with van der Waals surface area (Å²) in [6.07, 6.45) is 1.19. The van der Waals surface area contributed by atoms with Gasteiger partial charge in [-0.1, -0.05) is 5.16 Å². The number of thioether (sulfide) groups is 1. The van der Waals surface area contributed by atoms with Crippen LogP contribution in [0.1, 0.15) is 16.2 Å². The van der Waals surface area contributed by atoms with E-state index in [4.69, 9.17) is 10.4 Å². The normalized spacial score (nSPS) is 11.4. The summed E-state index contributed by atoms with van der Waals surface area (Å²) in [5, 5.41) is 3.52. The van der Waals surface area contributed by atoms with E-state index >= 15 is 0 Å². The molecule has 0 spiro atoms. The molecule has 7 nitrogen and oxygen atoms in total. The molecule has 96 valence electrons. The van der Waals surface area contributed by atoms with Crippen LogP contribution in [-0.4, -0.2) is 37.2 Å². The highest BCUT2D eigenvalue weighted by Crippen LogP contribution is 2.13. The van der Waals surface area contributed by atoms with Gasteiger partial charge >= 0.3 is 0 Å². The predicted molar refractivity (Wildman–Crippen MR) is 64.0 cm³/mol. The van der Waals surface area contributed by atoms with Crippen molar-refractivity contribution < 1.29 is 17.7 Å². The van der Waals surface area contributed by atoms with Gasteiger partial charge in [0.1, 0.15) is 15.6 Å². The number of rotatable bonds is 6. The van der Waals surface area contributed by atoms with Crippen molar-refractivity contribution in [2.75, 3.05) is 17.8 Å². The zero-order valence-electron chi connectivity index (χ0n) is 9.17. The maximum absolute atomic E-state index is 11.0. The summed E-state index contributed by atoms with van der Waals surface area (Å²) >= 11 is 1.39. The lowest BCUT2D eigenvalue weighted by atomic mass is 10.4. The van der Waals surface area contributed by atoms with Crippen molar-refractivity contribution in [1.82, 2.24) is 10.6 Å². The van der Waals surface area contributed by atoms with E-state index in [0.29, 0.717) is 17.3 Å². The minimum Gasteiger partial charge on any atom is -0.360 e. The number of nitrogens with zero attached hydrogens (tertiary/aromatic N) is 1. The molecule has 0 fully saturated rings. The van der Waals surface area contributed by atoms with E-state index in [2.05, 4.69) is 5.16 Å². The van der Waals surface area contributed by atoms with Gasteiger partial charge in [-0.25, -0.2) is 14.3 Å². The number of carbonyl (C=O) groups is 1. The van der Waals surface area contributed by atoms with Gasteiger partial charge in [0.2, 0.25) is 0 Å². The summed E-state index contributed by atoms with van der Waals surface area (Å²) in [5.41, 5.74) is 2.04. The monoisotopic (exact) mass is 279 g/mol. The van der Waals surface area contributed by atoms with Crippen LogP contribution in [0.5, 0.6) is 0 Å². The van der Waals surface area contributed by atoms with E-state index in [0.717, 1.165) is 0 Å². The zero-order chi connectivity index (χ0) is 12.9. The van der Waals surface area contributed by atoms with Gasteiger partial charge in [0.05, 0.1) is 11.5 Å². The van der Waals surface area contributed by atoms with Gasteiger partial charge < -0.3 is 4.52 Å². The first kappa shape index (κ1) is 14.0. The van der Waals surface area contributed by atoms with Crippen molar-refractivity contribution in [1.29, 1.82) is 0 Å². The van der Waals surface area contributed by atoms with E-state index < -0.39 is 15.7 Å². The number of sulfone groups is 1. The molecule has 9 heteroatoms. The number of hydrogen-bond donors (Lipinski definition) is 2. The third-order valence-corrected chi connectivity index (χ3v) is 3.95. The minimum absolute atomic E-state index is 0.103. The highest BCUT2D eigenvalue weighted by molar-refractivity contribution is 7.99. The van der Waals surface area contributed by atoms with Gasteiger partial charge in [0.15, 0.2) is 5.69 Å². The van der Waals surface area contributed by atoms with Crippen LogP contribution >= 0.6 is 11.8 Å².